The molecule has 3 rings (SSSR count). The lowest BCUT2D eigenvalue weighted by Gasteiger charge is -2.49. The summed E-state index contributed by atoms with van der Waals surface area (Å²) in [5.41, 5.74) is -4.81. The van der Waals surface area contributed by atoms with Crippen molar-refractivity contribution in [2.75, 3.05) is 0 Å². The van der Waals surface area contributed by atoms with Gasteiger partial charge >= 0.3 is 6.18 Å². The first kappa shape index (κ1) is 25.1. The highest BCUT2D eigenvalue weighted by Crippen LogP contribution is 2.63. The van der Waals surface area contributed by atoms with Crippen molar-refractivity contribution in [3.8, 4) is 0 Å². The van der Waals surface area contributed by atoms with E-state index < -0.39 is 55.2 Å². The molecule has 0 aliphatic heterocycles. The molecule has 0 radical (unpaired) electrons. The maximum atomic E-state index is 14.4. The van der Waals surface area contributed by atoms with Crippen LogP contribution in [0.3, 0.4) is 0 Å². The van der Waals surface area contributed by atoms with Crippen LogP contribution >= 0.6 is 0 Å². The van der Waals surface area contributed by atoms with Gasteiger partial charge in [0.15, 0.2) is 5.60 Å². The molecule has 3 nitrogen and oxygen atoms in total. The Hall–Kier alpha value is -1.44. The van der Waals surface area contributed by atoms with Gasteiger partial charge < -0.3 is 15.3 Å². The number of fused-ring (bicyclic) bond motifs is 1. The van der Waals surface area contributed by atoms with Crippen LogP contribution in [0, 0.1) is 22.7 Å². The van der Waals surface area contributed by atoms with Crippen molar-refractivity contribution >= 4 is 0 Å². The van der Waals surface area contributed by atoms with Gasteiger partial charge in [0, 0.05) is 14.6 Å². The Morgan fingerprint density at radius 3 is 2.48 bits per heavy atom. The molecule has 0 heterocycles. The zero-order valence-electron chi connectivity index (χ0n) is 30.0. The average molecular weight is 577 g/mol. The molecule has 3 aliphatic carbocycles. The van der Waals surface area contributed by atoms with Gasteiger partial charge in [-0.2, -0.15) is 13.2 Å². The van der Waals surface area contributed by atoms with E-state index in [1.165, 1.54) is 11.6 Å². The SMILES string of the molecule is [2H]C([2H])([2H])C(O)(CCCC(C)(C/C=C\C(C)(O)C(F)(F)F)[C@H]1CCC2/C(=C/C=C3/C[C@@H](O)C[C@H](F)C3=C)CCC[C@@]21C)C([2H])([2H])[2H]. The van der Waals surface area contributed by atoms with Gasteiger partial charge in [0.2, 0.25) is 0 Å². The molecule has 3 saturated carbocycles. The molecule has 3 unspecified atom stereocenters. The van der Waals surface area contributed by atoms with Crippen LogP contribution in [0.1, 0.15) is 113 Å². The van der Waals surface area contributed by atoms with E-state index in [-0.39, 0.29) is 42.9 Å². The summed E-state index contributed by atoms with van der Waals surface area (Å²) < 4.78 is 101. The van der Waals surface area contributed by atoms with Gasteiger partial charge in [0.25, 0.3) is 0 Å². The molecule has 0 amide bonds. The van der Waals surface area contributed by atoms with Crippen molar-refractivity contribution in [3.05, 3.63) is 47.6 Å². The molecule has 228 valence electrons. The number of hydrogen-bond acceptors (Lipinski definition) is 3. The minimum absolute atomic E-state index is 0.00810. The van der Waals surface area contributed by atoms with Crippen LogP contribution in [-0.4, -0.2) is 45.0 Å². The number of allylic oxidation sites excluding steroid dienone is 5. The summed E-state index contributed by atoms with van der Waals surface area (Å²) in [4.78, 5) is 0. The van der Waals surface area contributed by atoms with Crippen molar-refractivity contribution in [2.24, 2.45) is 22.7 Å². The summed E-state index contributed by atoms with van der Waals surface area (Å²) in [7, 11) is 0. The standard InChI is InChI=1S/C33H50F4O3/c1-22-24(20-25(38)21-27(22)34)12-11-23-10-7-18-31(5)26(23)13-14-28(31)30(4,16-8-15-29(2,3)39)17-9-19-32(6,40)33(35,36)37/h9,11-12,19,25-28,38-40H,1,7-8,10,13-18,20-21H2,2-6H3/b19-9-,23-11+,24-12-/t25-,26?,27+,28-,30?,31+,32?/m1/s1/i2D3,3D3. The molecule has 7 atom stereocenters. The Labute approximate surface area is 246 Å². The van der Waals surface area contributed by atoms with E-state index in [0.29, 0.717) is 24.5 Å². The van der Waals surface area contributed by atoms with Crippen LogP contribution in [0.25, 0.3) is 0 Å². The molecule has 3 aliphatic rings. The highest BCUT2D eigenvalue weighted by Gasteiger charge is 2.55. The average Bonchev–Trinajstić information content (AvgIpc) is 3.26. The fourth-order valence-corrected chi connectivity index (χ4v) is 7.64. The van der Waals surface area contributed by atoms with Crippen LogP contribution in [0.15, 0.2) is 47.6 Å². The molecule has 0 spiro atoms. The van der Waals surface area contributed by atoms with E-state index in [4.69, 9.17) is 8.22 Å². The van der Waals surface area contributed by atoms with E-state index in [2.05, 4.69) is 13.5 Å². The smallest absolute Gasteiger partial charge is 0.393 e. The number of aliphatic hydroxyl groups is 3. The Kier molecular flexibility index (Phi) is 7.56. The quantitative estimate of drug-likeness (QED) is 0.191. The molecular weight excluding hydrogens is 520 g/mol. The second kappa shape index (κ2) is 12.0. The third-order valence-corrected chi connectivity index (χ3v) is 9.92. The van der Waals surface area contributed by atoms with E-state index in [9.17, 15) is 32.9 Å². The van der Waals surface area contributed by atoms with Crippen LogP contribution in [0.5, 0.6) is 0 Å². The number of hydrogen-bond donors (Lipinski definition) is 3. The molecule has 0 aromatic heterocycles. The number of halogens is 4. The highest BCUT2D eigenvalue weighted by molar-refractivity contribution is 5.39. The zero-order chi connectivity index (χ0) is 35.1. The maximum Gasteiger partial charge on any atom is 0.420 e. The second-order valence-corrected chi connectivity index (χ2v) is 13.2. The molecule has 3 fully saturated rings. The minimum Gasteiger partial charge on any atom is -0.393 e. The first-order valence-corrected chi connectivity index (χ1v) is 14.4. The molecule has 0 saturated heterocycles. The summed E-state index contributed by atoms with van der Waals surface area (Å²) in [5, 5.41) is 31.0. The predicted molar refractivity (Wildman–Crippen MR) is 152 cm³/mol. The van der Waals surface area contributed by atoms with Gasteiger partial charge in [-0.1, -0.05) is 50.6 Å². The molecule has 40 heavy (non-hydrogen) atoms. The zero-order valence-corrected chi connectivity index (χ0v) is 24.0. The summed E-state index contributed by atoms with van der Waals surface area (Å²) in [6.45, 7) is 2.25. The largest absolute Gasteiger partial charge is 0.420 e. The van der Waals surface area contributed by atoms with Gasteiger partial charge in [-0.05, 0) is 118 Å². The number of aliphatic hydroxyl groups excluding tert-OH is 1. The maximum absolute atomic E-state index is 14.4. The van der Waals surface area contributed by atoms with Crippen LogP contribution in [-0.2, 0) is 0 Å². The van der Waals surface area contributed by atoms with Crippen molar-refractivity contribution in [1.82, 2.24) is 0 Å². The Bertz CT molecular complexity index is 1190. The van der Waals surface area contributed by atoms with E-state index >= 15 is 0 Å². The number of rotatable bonds is 9. The molecule has 0 bridgehead atoms. The van der Waals surface area contributed by atoms with E-state index in [0.717, 1.165) is 38.2 Å². The first-order valence-electron chi connectivity index (χ1n) is 17.4. The second-order valence-electron chi connectivity index (χ2n) is 13.2. The summed E-state index contributed by atoms with van der Waals surface area (Å²) in [5.74, 6) is 0.0615. The molecule has 7 heteroatoms. The van der Waals surface area contributed by atoms with Crippen LogP contribution in [0.2, 0.25) is 0 Å². The lowest BCUT2D eigenvalue weighted by Crippen LogP contribution is -2.42. The first-order chi connectivity index (χ1) is 20.8. The van der Waals surface area contributed by atoms with Crippen LogP contribution in [0.4, 0.5) is 17.6 Å². The number of alkyl halides is 4. The fourth-order valence-electron chi connectivity index (χ4n) is 7.64. The van der Waals surface area contributed by atoms with Gasteiger partial charge in [-0.25, -0.2) is 4.39 Å². The van der Waals surface area contributed by atoms with Gasteiger partial charge in [-0.15, -0.1) is 0 Å². The summed E-state index contributed by atoms with van der Waals surface area (Å²) in [6.07, 6.45) is 3.08. The van der Waals surface area contributed by atoms with Gasteiger partial charge in [-0.3, -0.25) is 0 Å². The molecule has 0 aromatic rings. The van der Waals surface area contributed by atoms with E-state index in [1.54, 1.807) is 0 Å². The fraction of sp³-hybridized carbons (Fsp3) is 0.758. The Balaban J connectivity index is 1.95. The van der Waals surface area contributed by atoms with Gasteiger partial charge in [0.1, 0.15) is 6.17 Å². The van der Waals surface area contributed by atoms with Crippen LogP contribution < -0.4 is 0 Å². The predicted octanol–water partition coefficient (Wildman–Crippen LogP) is 8.31. The van der Waals surface area contributed by atoms with Crippen molar-refractivity contribution in [3.63, 3.8) is 0 Å². The normalized spacial score (nSPS) is 38.1. The van der Waals surface area contributed by atoms with Crippen molar-refractivity contribution in [1.29, 1.82) is 0 Å². The van der Waals surface area contributed by atoms with Crippen molar-refractivity contribution in [2.45, 2.75) is 135 Å². The van der Waals surface area contributed by atoms with E-state index in [1.807, 2.05) is 19.1 Å². The molecule has 0 aromatic carbocycles. The lowest BCUT2D eigenvalue weighted by molar-refractivity contribution is -0.232. The molecule has 3 N–H and O–H groups in total. The molecular formula is C33H50F4O3. The third-order valence-electron chi connectivity index (χ3n) is 9.92. The lowest BCUT2D eigenvalue weighted by atomic mass is 9.55. The topological polar surface area (TPSA) is 60.7 Å². The van der Waals surface area contributed by atoms with Gasteiger partial charge in [0.05, 0.1) is 11.7 Å². The summed E-state index contributed by atoms with van der Waals surface area (Å²) >= 11 is 0. The minimum atomic E-state index is -4.89. The third kappa shape index (κ3) is 7.49. The Morgan fingerprint density at radius 1 is 1.12 bits per heavy atom. The Morgan fingerprint density at radius 2 is 1.82 bits per heavy atom. The monoisotopic (exact) mass is 576 g/mol. The summed E-state index contributed by atoms with van der Waals surface area (Å²) in [6, 6.07) is 0. The van der Waals surface area contributed by atoms with Crippen molar-refractivity contribution < 1.29 is 41.1 Å². The highest BCUT2D eigenvalue weighted by atomic mass is 19.4.